The van der Waals surface area contributed by atoms with Gasteiger partial charge in [-0.3, -0.25) is 9.59 Å². The zero-order valence-electron chi connectivity index (χ0n) is 12.1. The van der Waals surface area contributed by atoms with Crippen LogP contribution in [-0.4, -0.2) is 18.9 Å². The topological polar surface area (TPSA) is 58.2 Å². The lowest BCUT2D eigenvalue weighted by atomic mass is 10.1. The Hall–Kier alpha value is -2.62. The van der Waals surface area contributed by atoms with E-state index in [9.17, 15) is 9.59 Å². The molecule has 0 saturated carbocycles. The lowest BCUT2D eigenvalue weighted by molar-refractivity contribution is 0.0948. The summed E-state index contributed by atoms with van der Waals surface area (Å²) >= 11 is 0. The van der Waals surface area contributed by atoms with E-state index in [-0.39, 0.29) is 11.8 Å². The maximum Gasteiger partial charge on any atom is 0.256 e. The van der Waals surface area contributed by atoms with Gasteiger partial charge in [-0.2, -0.15) is 0 Å². The second-order valence-electron chi connectivity index (χ2n) is 4.59. The standard InChI is InChI=1S/C17H18N2O2/c1-3-12-8-4-7-11-15(12)19-17(21)14-10-6-5-9-13(14)16(20)18-2/h4-11H,3H2,1-2H3,(H,18,20)(H,19,21). The van der Waals surface area contributed by atoms with E-state index in [0.717, 1.165) is 17.7 Å². The molecular weight excluding hydrogens is 264 g/mol. The van der Waals surface area contributed by atoms with Gasteiger partial charge in [-0.25, -0.2) is 0 Å². The van der Waals surface area contributed by atoms with E-state index in [1.54, 1.807) is 31.3 Å². The predicted molar refractivity (Wildman–Crippen MR) is 83.6 cm³/mol. The Morgan fingerprint density at radius 2 is 1.48 bits per heavy atom. The number of carbonyl (C=O) groups is 2. The molecule has 0 unspecified atom stereocenters. The average molecular weight is 282 g/mol. The zero-order chi connectivity index (χ0) is 15.2. The SMILES string of the molecule is CCc1ccccc1NC(=O)c1ccccc1C(=O)NC. The number of carbonyl (C=O) groups excluding carboxylic acids is 2. The van der Waals surface area contributed by atoms with Gasteiger partial charge in [-0.15, -0.1) is 0 Å². The van der Waals surface area contributed by atoms with Crippen LogP contribution < -0.4 is 10.6 Å². The molecule has 2 N–H and O–H groups in total. The molecule has 0 aliphatic rings. The van der Waals surface area contributed by atoms with Crippen molar-refractivity contribution in [2.24, 2.45) is 0 Å². The molecule has 21 heavy (non-hydrogen) atoms. The van der Waals surface area contributed by atoms with E-state index in [0.29, 0.717) is 11.1 Å². The summed E-state index contributed by atoms with van der Waals surface area (Å²) in [5, 5.41) is 5.42. The van der Waals surface area contributed by atoms with Gasteiger partial charge in [0.1, 0.15) is 0 Å². The van der Waals surface area contributed by atoms with Crippen molar-refractivity contribution in [2.45, 2.75) is 13.3 Å². The fourth-order valence-electron chi connectivity index (χ4n) is 2.15. The van der Waals surface area contributed by atoms with Crippen LogP contribution in [0.3, 0.4) is 0 Å². The molecule has 0 saturated heterocycles. The van der Waals surface area contributed by atoms with Gasteiger partial charge in [0, 0.05) is 12.7 Å². The molecule has 2 aromatic rings. The molecule has 2 aromatic carbocycles. The van der Waals surface area contributed by atoms with Crippen molar-refractivity contribution in [3.63, 3.8) is 0 Å². The third-order valence-electron chi connectivity index (χ3n) is 3.29. The number of hydrogen-bond acceptors (Lipinski definition) is 2. The second-order valence-corrected chi connectivity index (χ2v) is 4.59. The third-order valence-corrected chi connectivity index (χ3v) is 3.29. The quantitative estimate of drug-likeness (QED) is 0.906. The lowest BCUT2D eigenvalue weighted by Crippen LogP contribution is -2.23. The predicted octanol–water partition coefficient (Wildman–Crippen LogP) is 2.86. The van der Waals surface area contributed by atoms with Crippen LogP contribution in [0.2, 0.25) is 0 Å². The Morgan fingerprint density at radius 3 is 2.10 bits per heavy atom. The maximum atomic E-state index is 12.4. The van der Waals surface area contributed by atoms with Crippen molar-refractivity contribution in [3.05, 3.63) is 65.2 Å². The van der Waals surface area contributed by atoms with Gasteiger partial charge in [-0.1, -0.05) is 37.3 Å². The number of rotatable bonds is 4. The van der Waals surface area contributed by atoms with Crippen LogP contribution in [0.25, 0.3) is 0 Å². The Balaban J connectivity index is 2.31. The minimum Gasteiger partial charge on any atom is -0.355 e. The smallest absolute Gasteiger partial charge is 0.256 e. The summed E-state index contributed by atoms with van der Waals surface area (Å²) in [6.07, 6.45) is 0.827. The first-order chi connectivity index (χ1) is 10.2. The van der Waals surface area contributed by atoms with E-state index in [4.69, 9.17) is 0 Å². The summed E-state index contributed by atoms with van der Waals surface area (Å²) in [5.41, 5.74) is 2.56. The number of amides is 2. The van der Waals surface area contributed by atoms with E-state index in [1.807, 2.05) is 31.2 Å². The average Bonchev–Trinajstić information content (AvgIpc) is 2.54. The van der Waals surface area contributed by atoms with Gasteiger partial charge in [0.2, 0.25) is 0 Å². The fraction of sp³-hybridized carbons (Fsp3) is 0.176. The van der Waals surface area contributed by atoms with E-state index in [2.05, 4.69) is 10.6 Å². The Morgan fingerprint density at radius 1 is 0.905 bits per heavy atom. The van der Waals surface area contributed by atoms with Crippen molar-refractivity contribution in [2.75, 3.05) is 12.4 Å². The van der Waals surface area contributed by atoms with E-state index >= 15 is 0 Å². The highest BCUT2D eigenvalue weighted by atomic mass is 16.2. The van der Waals surface area contributed by atoms with Gasteiger partial charge in [0.15, 0.2) is 0 Å². The van der Waals surface area contributed by atoms with Crippen molar-refractivity contribution < 1.29 is 9.59 Å². The fourth-order valence-corrected chi connectivity index (χ4v) is 2.15. The van der Waals surface area contributed by atoms with Gasteiger partial charge in [-0.05, 0) is 30.2 Å². The van der Waals surface area contributed by atoms with Gasteiger partial charge < -0.3 is 10.6 Å². The molecule has 108 valence electrons. The number of anilines is 1. The van der Waals surface area contributed by atoms with E-state index < -0.39 is 0 Å². The number of para-hydroxylation sites is 1. The normalized spacial score (nSPS) is 10.0. The van der Waals surface area contributed by atoms with Gasteiger partial charge in [0.05, 0.1) is 11.1 Å². The van der Waals surface area contributed by atoms with E-state index in [1.165, 1.54) is 0 Å². The molecular formula is C17H18N2O2. The first-order valence-corrected chi connectivity index (χ1v) is 6.87. The highest BCUT2D eigenvalue weighted by molar-refractivity contribution is 6.12. The van der Waals surface area contributed by atoms with Crippen molar-refractivity contribution >= 4 is 17.5 Å². The summed E-state index contributed by atoms with van der Waals surface area (Å²) < 4.78 is 0. The van der Waals surface area contributed by atoms with Crippen molar-refractivity contribution in [3.8, 4) is 0 Å². The third kappa shape index (κ3) is 3.28. The molecule has 0 aliphatic carbocycles. The first kappa shape index (κ1) is 14.8. The summed E-state index contributed by atoms with van der Waals surface area (Å²) in [5.74, 6) is -0.556. The molecule has 0 aliphatic heterocycles. The molecule has 2 amide bonds. The minimum atomic E-state index is -0.282. The minimum absolute atomic E-state index is 0.274. The maximum absolute atomic E-state index is 12.4. The van der Waals surface area contributed by atoms with Crippen molar-refractivity contribution in [1.82, 2.24) is 5.32 Å². The summed E-state index contributed by atoms with van der Waals surface area (Å²) in [6.45, 7) is 2.03. The molecule has 0 atom stereocenters. The largest absolute Gasteiger partial charge is 0.355 e. The lowest BCUT2D eigenvalue weighted by Gasteiger charge is -2.12. The monoisotopic (exact) mass is 282 g/mol. The highest BCUT2D eigenvalue weighted by Crippen LogP contribution is 2.18. The number of aryl methyl sites for hydroxylation is 1. The molecule has 0 spiro atoms. The summed E-state index contributed by atoms with van der Waals surface area (Å²) in [6, 6.07) is 14.4. The van der Waals surface area contributed by atoms with Crippen LogP contribution in [-0.2, 0) is 6.42 Å². The Kier molecular flexibility index (Phi) is 4.72. The molecule has 4 heteroatoms. The van der Waals surface area contributed by atoms with Gasteiger partial charge >= 0.3 is 0 Å². The van der Waals surface area contributed by atoms with Crippen molar-refractivity contribution in [1.29, 1.82) is 0 Å². The zero-order valence-corrected chi connectivity index (χ0v) is 12.1. The molecule has 0 aromatic heterocycles. The Bertz CT molecular complexity index is 665. The summed E-state index contributed by atoms with van der Waals surface area (Å²) in [4.78, 5) is 24.3. The number of hydrogen-bond donors (Lipinski definition) is 2. The van der Waals surface area contributed by atoms with Crippen LogP contribution in [0.5, 0.6) is 0 Å². The van der Waals surface area contributed by atoms with Gasteiger partial charge in [0.25, 0.3) is 11.8 Å². The van der Waals surface area contributed by atoms with Crippen LogP contribution in [0.15, 0.2) is 48.5 Å². The van der Waals surface area contributed by atoms with Crippen LogP contribution in [0.4, 0.5) is 5.69 Å². The highest BCUT2D eigenvalue weighted by Gasteiger charge is 2.16. The second kappa shape index (κ2) is 6.70. The molecule has 0 radical (unpaired) electrons. The van der Waals surface area contributed by atoms with Crippen LogP contribution in [0.1, 0.15) is 33.2 Å². The molecule has 4 nitrogen and oxygen atoms in total. The first-order valence-electron chi connectivity index (χ1n) is 6.87. The number of nitrogens with one attached hydrogen (secondary N) is 2. The van der Waals surface area contributed by atoms with Crippen LogP contribution in [0, 0.1) is 0 Å². The molecule has 0 heterocycles. The van der Waals surface area contributed by atoms with Crippen LogP contribution >= 0.6 is 0 Å². The molecule has 0 bridgehead atoms. The summed E-state index contributed by atoms with van der Waals surface area (Å²) in [7, 11) is 1.55. The molecule has 2 rings (SSSR count). The Labute approximate surface area is 124 Å². The molecule has 0 fully saturated rings. The number of benzene rings is 2.